The minimum absolute atomic E-state index is 0. The van der Waals surface area contributed by atoms with Gasteiger partial charge in [0, 0.05) is 29.5 Å². The molecule has 0 bridgehead atoms. The van der Waals surface area contributed by atoms with Crippen LogP contribution in [0.5, 0.6) is 0 Å². The fourth-order valence-electron chi connectivity index (χ4n) is 5.34. The second kappa shape index (κ2) is 15.0. The smallest absolute Gasteiger partial charge is 0.277 e. The molecule has 1 saturated heterocycles. The lowest BCUT2D eigenvalue weighted by Crippen LogP contribution is -2.56. The van der Waals surface area contributed by atoms with Crippen LogP contribution in [-0.4, -0.2) is 60.7 Å². The zero-order valence-electron chi connectivity index (χ0n) is 25.9. The maximum atomic E-state index is 14.1. The number of rotatable bonds is 11. The number of hydrogen-bond donors (Lipinski definition) is 2. The van der Waals surface area contributed by atoms with Gasteiger partial charge in [0.05, 0.1) is 33.3 Å². The summed E-state index contributed by atoms with van der Waals surface area (Å²) < 4.78 is -0.592. The number of thioether (sulfide) groups is 1. The van der Waals surface area contributed by atoms with Gasteiger partial charge in [-0.2, -0.15) is 0 Å². The van der Waals surface area contributed by atoms with Crippen molar-refractivity contribution < 1.29 is 29.7 Å². The number of hydrogen-bond acceptors (Lipinski definition) is 8. The fraction of sp³-hybridized carbons (Fsp3) is 0.344. The predicted octanol–water partition coefficient (Wildman–Crippen LogP) is 3.96. The monoisotopic (exact) mass is 651 g/mol. The third kappa shape index (κ3) is 8.25. The fourth-order valence-corrected chi connectivity index (χ4v) is 6.48. The number of nitro groups is 2. The molecule has 3 atom stereocenters. The Kier molecular flexibility index (Phi) is 11.6. The summed E-state index contributed by atoms with van der Waals surface area (Å²) in [5.41, 5.74) is 1.33. The Morgan fingerprint density at radius 2 is 1.57 bits per heavy atom. The number of amides is 3. The number of nitrogens with one attached hydrogen (secondary N) is 2. The van der Waals surface area contributed by atoms with E-state index in [2.05, 4.69) is 10.6 Å². The normalized spacial score (nSPS) is 16.4. The van der Waals surface area contributed by atoms with Crippen molar-refractivity contribution in [2.24, 2.45) is 5.92 Å². The summed E-state index contributed by atoms with van der Waals surface area (Å²) in [5, 5.41) is 28.6. The van der Waals surface area contributed by atoms with Crippen molar-refractivity contribution in [1.29, 1.82) is 0 Å². The van der Waals surface area contributed by atoms with Crippen molar-refractivity contribution in [3.05, 3.63) is 115 Å². The maximum absolute atomic E-state index is 14.1. The summed E-state index contributed by atoms with van der Waals surface area (Å²) in [5.74, 6) is -2.01. The highest BCUT2D eigenvalue weighted by Gasteiger charge is 2.49. The number of carbonyl (C=O) groups is 3. The summed E-state index contributed by atoms with van der Waals surface area (Å²) >= 11 is 1.48. The standard InChI is InChI=1S/C32H35N5O7S.H2O/c1-20-10-8-9-13-23(20)18-33-30(39)28-32(3,4)45-19-35(28)31(40)21(2)27(14-22-11-6-5-7-12-22)34-29(38)24-15-25(36(41)42)17-26(16-24)37(43)44;/h5-13,15-17,21,27-28H,14,18-19H2,1-4H3,(H,33,39)(H,34,38);1H2/t21-,27?,28+;/m0./s1. The highest BCUT2D eigenvalue weighted by atomic mass is 32.2. The van der Waals surface area contributed by atoms with Crippen LogP contribution in [-0.2, 0) is 22.6 Å². The van der Waals surface area contributed by atoms with Crippen LogP contribution in [0, 0.1) is 33.1 Å². The van der Waals surface area contributed by atoms with Crippen LogP contribution in [0.2, 0.25) is 0 Å². The topological polar surface area (TPSA) is 196 Å². The Labute approximate surface area is 270 Å². The van der Waals surface area contributed by atoms with Gasteiger partial charge in [-0.05, 0) is 43.9 Å². The second-order valence-corrected chi connectivity index (χ2v) is 13.1. The van der Waals surface area contributed by atoms with Crippen molar-refractivity contribution in [3.63, 3.8) is 0 Å². The molecule has 0 aliphatic carbocycles. The molecule has 0 spiro atoms. The number of carbonyl (C=O) groups excluding carboxylic acids is 3. The van der Waals surface area contributed by atoms with Gasteiger partial charge in [-0.1, -0.05) is 61.5 Å². The molecule has 0 aromatic heterocycles. The Morgan fingerprint density at radius 3 is 2.15 bits per heavy atom. The van der Waals surface area contributed by atoms with E-state index in [4.69, 9.17) is 0 Å². The van der Waals surface area contributed by atoms with E-state index in [1.807, 2.05) is 75.4 Å². The zero-order chi connectivity index (χ0) is 32.9. The molecule has 244 valence electrons. The number of aryl methyl sites for hydroxylation is 1. The Bertz CT molecular complexity index is 1580. The van der Waals surface area contributed by atoms with Gasteiger partial charge in [-0.25, -0.2) is 0 Å². The van der Waals surface area contributed by atoms with Crippen LogP contribution in [0.1, 0.15) is 47.8 Å². The van der Waals surface area contributed by atoms with E-state index < -0.39 is 49.9 Å². The van der Waals surface area contributed by atoms with Gasteiger partial charge in [-0.15, -0.1) is 11.8 Å². The number of nitrogens with zero attached hydrogens (tertiary/aromatic N) is 3. The first-order chi connectivity index (χ1) is 21.3. The maximum Gasteiger partial charge on any atom is 0.277 e. The molecule has 1 aliphatic heterocycles. The van der Waals surface area contributed by atoms with Crippen molar-refractivity contribution in [1.82, 2.24) is 15.5 Å². The van der Waals surface area contributed by atoms with Gasteiger partial charge in [0.15, 0.2) is 0 Å². The molecular weight excluding hydrogens is 614 g/mol. The van der Waals surface area contributed by atoms with Gasteiger partial charge in [0.25, 0.3) is 17.3 Å². The Balaban J connectivity index is 0.00000576. The minimum Gasteiger partial charge on any atom is -0.412 e. The lowest BCUT2D eigenvalue weighted by Gasteiger charge is -2.34. The van der Waals surface area contributed by atoms with Crippen LogP contribution in [0.25, 0.3) is 0 Å². The van der Waals surface area contributed by atoms with Crippen molar-refractivity contribution >= 4 is 40.9 Å². The molecule has 1 fully saturated rings. The second-order valence-electron chi connectivity index (χ2n) is 11.5. The minimum atomic E-state index is -0.830. The Hall–Kier alpha value is -4.82. The van der Waals surface area contributed by atoms with Crippen LogP contribution >= 0.6 is 11.8 Å². The van der Waals surface area contributed by atoms with E-state index in [0.717, 1.165) is 34.9 Å². The lowest BCUT2D eigenvalue weighted by molar-refractivity contribution is -0.394. The third-order valence-electron chi connectivity index (χ3n) is 7.99. The predicted molar refractivity (Wildman–Crippen MR) is 174 cm³/mol. The molecule has 0 radical (unpaired) electrons. The molecule has 1 unspecified atom stereocenters. The van der Waals surface area contributed by atoms with Gasteiger partial charge in [0.2, 0.25) is 11.8 Å². The summed E-state index contributed by atoms with van der Waals surface area (Å²) in [6.07, 6.45) is 0.227. The van der Waals surface area contributed by atoms with E-state index >= 15 is 0 Å². The van der Waals surface area contributed by atoms with Crippen LogP contribution < -0.4 is 10.6 Å². The van der Waals surface area contributed by atoms with E-state index in [0.29, 0.717) is 6.54 Å². The highest BCUT2D eigenvalue weighted by molar-refractivity contribution is 8.00. The molecule has 3 aromatic carbocycles. The number of non-ortho nitro benzene ring substituents is 2. The average Bonchev–Trinajstić information content (AvgIpc) is 3.34. The first-order valence-electron chi connectivity index (χ1n) is 14.3. The van der Waals surface area contributed by atoms with E-state index in [1.165, 1.54) is 16.7 Å². The number of benzene rings is 3. The third-order valence-corrected chi connectivity index (χ3v) is 9.36. The van der Waals surface area contributed by atoms with Crippen LogP contribution in [0.3, 0.4) is 0 Å². The van der Waals surface area contributed by atoms with E-state index in [9.17, 15) is 34.6 Å². The van der Waals surface area contributed by atoms with Crippen molar-refractivity contribution in [2.75, 3.05) is 5.88 Å². The van der Waals surface area contributed by atoms with Crippen LogP contribution in [0.15, 0.2) is 72.8 Å². The first-order valence-corrected chi connectivity index (χ1v) is 15.3. The summed E-state index contributed by atoms with van der Waals surface area (Å²) in [4.78, 5) is 63.8. The molecule has 3 aromatic rings. The highest BCUT2D eigenvalue weighted by Crippen LogP contribution is 2.40. The summed E-state index contributed by atoms with van der Waals surface area (Å²) in [7, 11) is 0. The molecule has 0 saturated carbocycles. The molecule has 1 aliphatic rings. The van der Waals surface area contributed by atoms with Gasteiger partial charge in [0.1, 0.15) is 6.04 Å². The largest absolute Gasteiger partial charge is 0.412 e. The van der Waals surface area contributed by atoms with E-state index in [1.54, 1.807) is 6.92 Å². The van der Waals surface area contributed by atoms with Crippen molar-refractivity contribution in [3.8, 4) is 0 Å². The molecule has 14 heteroatoms. The SMILES string of the molecule is Cc1ccccc1CNC(=O)[C@H]1N(C(=O)[C@@H](C)C(Cc2ccccc2)NC(=O)c2cc([N+](=O)[O-])cc([N+](=O)[O-])c2)CSC1(C)C.O. The van der Waals surface area contributed by atoms with Gasteiger partial charge >= 0.3 is 0 Å². The quantitative estimate of drug-likeness (QED) is 0.229. The average molecular weight is 652 g/mol. The van der Waals surface area contributed by atoms with Gasteiger partial charge in [-0.3, -0.25) is 34.6 Å². The molecule has 13 nitrogen and oxygen atoms in total. The summed E-state index contributed by atoms with van der Waals surface area (Å²) in [6.45, 7) is 7.74. The zero-order valence-corrected chi connectivity index (χ0v) is 26.7. The molecule has 46 heavy (non-hydrogen) atoms. The summed E-state index contributed by atoms with van der Waals surface area (Å²) in [6, 6.07) is 18.0. The van der Waals surface area contributed by atoms with Crippen molar-refractivity contribution in [2.45, 2.75) is 57.5 Å². The molecule has 3 amide bonds. The first kappa shape index (κ1) is 35.7. The van der Waals surface area contributed by atoms with Gasteiger partial charge < -0.3 is 21.0 Å². The molecule has 1 heterocycles. The van der Waals surface area contributed by atoms with Crippen LogP contribution in [0.4, 0.5) is 11.4 Å². The number of nitro benzene ring substituents is 2. The Morgan fingerprint density at radius 1 is 0.978 bits per heavy atom. The lowest BCUT2D eigenvalue weighted by atomic mass is 9.91. The molecule has 4 rings (SSSR count). The molecule has 4 N–H and O–H groups in total. The molecular formula is C32H37N5O8S. The van der Waals surface area contributed by atoms with E-state index in [-0.39, 0.29) is 35.2 Å².